The van der Waals surface area contributed by atoms with Gasteiger partial charge in [-0.1, -0.05) is 18.9 Å². The number of hydrogen-bond donors (Lipinski definition) is 2. The van der Waals surface area contributed by atoms with Crippen LogP contribution < -0.4 is 10.0 Å². The molecule has 2 N–H and O–H groups in total. The first-order valence-electron chi connectivity index (χ1n) is 7.89. The Morgan fingerprint density at radius 3 is 2.41 bits per heavy atom. The number of rotatable bonds is 5. The molecule has 0 aromatic heterocycles. The van der Waals surface area contributed by atoms with Crippen molar-refractivity contribution in [1.29, 1.82) is 0 Å². The Kier molecular flexibility index (Phi) is 4.23. The summed E-state index contributed by atoms with van der Waals surface area (Å²) in [7, 11) is -3.53. The Balaban J connectivity index is 1.81. The van der Waals surface area contributed by atoms with Crippen LogP contribution in [0.1, 0.15) is 54.4 Å². The number of amides is 1. The fraction of sp³-hybridized carbons (Fsp3) is 0.562. The standard InChI is InChI=1S/C16H22N2O3S/c1-11-6-9-14(22(20,21)18-13-7-8-13)10-15(11)16(19)17-12-4-2-3-5-12/h6,9-10,12-13,18H,2-5,7-8H2,1H3,(H,17,19). The molecule has 0 saturated heterocycles. The van der Waals surface area contributed by atoms with E-state index < -0.39 is 10.0 Å². The van der Waals surface area contributed by atoms with Gasteiger partial charge in [0.1, 0.15) is 0 Å². The number of carbonyl (C=O) groups is 1. The molecular weight excluding hydrogens is 300 g/mol. The Hall–Kier alpha value is -1.40. The Bertz CT molecular complexity index is 675. The molecule has 2 aliphatic rings. The maximum Gasteiger partial charge on any atom is 0.251 e. The molecule has 0 spiro atoms. The van der Waals surface area contributed by atoms with Crippen LogP contribution in [0.3, 0.4) is 0 Å². The van der Waals surface area contributed by atoms with E-state index in [1.165, 1.54) is 6.07 Å². The maximum absolute atomic E-state index is 12.4. The quantitative estimate of drug-likeness (QED) is 0.872. The molecule has 0 bridgehead atoms. The fourth-order valence-electron chi connectivity index (χ4n) is 2.83. The average Bonchev–Trinajstić information content (AvgIpc) is 3.11. The van der Waals surface area contributed by atoms with Crippen LogP contribution in [-0.2, 0) is 10.0 Å². The van der Waals surface area contributed by atoms with Crippen molar-refractivity contribution in [1.82, 2.24) is 10.0 Å². The van der Waals surface area contributed by atoms with Crippen LogP contribution >= 0.6 is 0 Å². The summed E-state index contributed by atoms with van der Waals surface area (Å²) in [4.78, 5) is 12.6. The topological polar surface area (TPSA) is 75.3 Å². The van der Waals surface area contributed by atoms with E-state index in [1.54, 1.807) is 12.1 Å². The monoisotopic (exact) mass is 322 g/mol. The summed E-state index contributed by atoms with van der Waals surface area (Å²) in [5, 5.41) is 3.01. The van der Waals surface area contributed by atoms with Gasteiger partial charge >= 0.3 is 0 Å². The third-order valence-electron chi connectivity index (χ3n) is 4.35. The van der Waals surface area contributed by atoms with Crippen LogP contribution in [0.4, 0.5) is 0 Å². The van der Waals surface area contributed by atoms with Gasteiger partial charge in [-0.25, -0.2) is 13.1 Å². The van der Waals surface area contributed by atoms with Crippen molar-refractivity contribution in [2.45, 2.75) is 62.4 Å². The number of benzene rings is 1. The van der Waals surface area contributed by atoms with Gasteiger partial charge in [-0.15, -0.1) is 0 Å². The van der Waals surface area contributed by atoms with Crippen LogP contribution in [0.25, 0.3) is 0 Å². The summed E-state index contributed by atoms with van der Waals surface area (Å²) >= 11 is 0. The second-order valence-electron chi connectivity index (χ2n) is 6.33. The summed E-state index contributed by atoms with van der Waals surface area (Å²) in [6.07, 6.45) is 6.07. The molecule has 3 rings (SSSR count). The van der Waals surface area contributed by atoms with E-state index in [2.05, 4.69) is 10.0 Å². The van der Waals surface area contributed by atoms with E-state index in [0.717, 1.165) is 44.1 Å². The lowest BCUT2D eigenvalue weighted by atomic mass is 10.1. The second-order valence-corrected chi connectivity index (χ2v) is 8.04. The van der Waals surface area contributed by atoms with Crippen LogP contribution in [-0.4, -0.2) is 26.4 Å². The lowest BCUT2D eigenvalue weighted by Crippen LogP contribution is -2.33. The Morgan fingerprint density at radius 2 is 1.77 bits per heavy atom. The highest BCUT2D eigenvalue weighted by Crippen LogP contribution is 2.24. The normalized spacial score (nSPS) is 19.3. The first kappa shape index (κ1) is 15.5. The van der Waals surface area contributed by atoms with Crippen molar-refractivity contribution in [3.63, 3.8) is 0 Å². The van der Waals surface area contributed by atoms with Crippen molar-refractivity contribution >= 4 is 15.9 Å². The van der Waals surface area contributed by atoms with Gasteiger partial charge in [-0.3, -0.25) is 4.79 Å². The first-order valence-corrected chi connectivity index (χ1v) is 9.38. The van der Waals surface area contributed by atoms with E-state index in [4.69, 9.17) is 0 Å². The Morgan fingerprint density at radius 1 is 1.09 bits per heavy atom. The van der Waals surface area contributed by atoms with Crippen molar-refractivity contribution in [3.8, 4) is 0 Å². The lowest BCUT2D eigenvalue weighted by Gasteiger charge is -2.14. The van der Waals surface area contributed by atoms with Crippen molar-refractivity contribution in [2.75, 3.05) is 0 Å². The average molecular weight is 322 g/mol. The molecule has 1 amide bonds. The fourth-order valence-corrected chi connectivity index (χ4v) is 4.17. The molecule has 6 heteroatoms. The zero-order chi connectivity index (χ0) is 15.7. The molecule has 1 aromatic carbocycles. The van der Waals surface area contributed by atoms with Crippen molar-refractivity contribution in [3.05, 3.63) is 29.3 Å². The minimum Gasteiger partial charge on any atom is -0.349 e. The molecule has 1 aromatic rings. The van der Waals surface area contributed by atoms with E-state index in [-0.39, 0.29) is 22.9 Å². The maximum atomic E-state index is 12.4. The molecular formula is C16H22N2O3S. The molecule has 5 nitrogen and oxygen atoms in total. The minimum atomic E-state index is -3.53. The van der Waals surface area contributed by atoms with Gasteiger partial charge in [0.15, 0.2) is 0 Å². The second kappa shape index (κ2) is 6.01. The third-order valence-corrected chi connectivity index (χ3v) is 5.87. The highest BCUT2D eigenvalue weighted by atomic mass is 32.2. The van der Waals surface area contributed by atoms with E-state index in [0.29, 0.717) is 5.56 Å². The first-order chi connectivity index (χ1) is 10.5. The van der Waals surface area contributed by atoms with Crippen molar-refractivity contribution in [2.24, 2.45) is 0 Å². The van der Waals surface area contributed by atoms with Gasteiger partial charge in [0, 0.05) is 17.6 Å². The molecule has 0 radical (unpaired) electrons. The van der Waals surface area contributed by atoms with Gasteiger partial charge in [0.05, 0.1) is 4.90 Å². The summed E-state index contributed by atoms with van der Waals surface area (Å²) in [6, 6.07) is 5.03. The summed E-state index contributed by atoms with van der Waals surface area (Å²) < 4.78 is 27.2. The smallest absolute Gasteiger partial charge is 0.251 e. The zero-order valence-electron chi connectivity index (χ0n) is 12.8. The summed E-state index contributed by atoms with van der Waals surface area (Å²) in [5.74, 6) is -0.173. The van der Waals surface area contributed by atoms with E-state index in [9.17, 15) is 13.2 Å². The summed E-state index contributed by atoms with van der Waals surface area (Å²) in [6.45, 7) is 1.83. The van der Waals surface area contributed by atoms with Crippen LogP contribution in [0.2, 0.25) is 0 Å². The summed E-state index contributed by atoms with van der Waals surface area (Å²) in [5.41, 5.74) is 1.24. The van der Waals surface area contributed by atoms with Gasteiger partial charge < -0.3 is 5.32 Å². The number of carbonyl (C=O) groups excluding carboxylic acids is 1. The predicted molar refractivity (Wildman–Crippen MR) is 84.2 cm³/mol. The SMILES string of the molecule is Cc1ccc(S(=O)(=O)NC2CC2)cc1C(=O)NC1CCCC1. The molecule has 0 atom stereocenters. The van der Waals surface area contributed by atoms with Crippen LogP contribution in [0, 0.1) is 6.92 Å². The number of sulfonamides is 1. The molecule has 120 valence electrons. The predicted octanol–water partition coefficient (Wildman–Crippen LogP) is 2.11. The molecule has 22 heavy (non-hydrogen) atoms. The number of nitrogens with one attached hydrogen (secondary N) is 2. The van der Waals surface area contributed by atoms with Gasteiger partial charge in [-0.05, 0) is 50.3 Å². The highest BCUT2D eigenvalue weighted by Gasteiger charge is 2.28. The molecule has 2 fully saturated rings. The lowest BCUT2D eigenvalue weighted by molar-refractivity contribution is 0.0937. The van der Waals surface area contributed by atoms with Gasteiger partial charge in [0.25, 0.3) is 5.91 Å². The van der Waals surface area contributed by atoms with Gasteiger partial charge in [0.2, 0.25) is 10.0 Å². The molecule has 0 unspecified atom stereocenters. The zero-order valence-corrected chi connectivity index (χ0v) is 13.6. The number of hydrogen-bond acceptors (Lipinski definition) is 3. The third kappa shape index (κ3) is 3.50. The molecule has 2 saturated carbocycles. The number of aryl methyl sites for hydroxylation is 1. The molecule has 2 aliphatic carbocycles. The largest absolute Gasteiger partial charge is 0.349 e. The molecule has 0 aliphatic heterocycles. The van der Waals surface area contributed by atoms with Crippen molar-refractivity contribution < 1.29 is 13.2 Å². The highest BCUT2D eigenvalue weighted by molar-refractivity contribution is 7.89. The van der Waals surface area contributed by atoms with E-state index >= 15 is 0 Å². The van der Waals surface area contributed by atoms with Gasteiger partial charge in [-0.2, -0.15) is 0 Å². The van der Waals surface area contributed by atoms with Crippen LogP contribution in [0.5, 0.6) is 0 Å². The van der Waals surface area contributed by atoms with Crippen LogP contribution in [0.15, 0.2) is 23.1 Å². The Labute approximate surface area is 131 Å². The molecule has 0 heterocycles. The minimum absolute atomic E-state index is 0.0575. The van der Waals surface area contributed by atoms with E-state index in [1.807, 2.05) is 6.92 Å².